The molecule has 6 rings (SSSR count). The van der Waals surface area contributed by atoms with Crippen molar-refractivity contribution >= 4 is 17.2 Å². The van der Waals surface area contributed by atoms with Gasteiger partial charge in [-0.2, -0.15) is 5.10 Å². The Balaban J connectivity index is 1.26. The van der Waals surface area contributed by atoms with Crippen molar-refractivity contribution in [1.29, 1.82) is 0 Å². The lowest BCUT2D eigenvalue weighted by atomic mass is 9.74. The first-order valence-electron chi connectivity index (χ1n) is 10.9. The van der Waals surface area contributed by atoms with E-state index >= 15 is 0 Å². The molecule has 2 bridgehead atoms. The van der Waals surface area contributed by atoms with Crippen LogP contribution in [0, 0.1) is 5.92 Å². The van der Waals surface area contributed by atoms with E-state index in [4.69, 9.17) is 9.84 Å². The third-order valence-corrected chi connectivity index (χ3v) is 7.67. The molecule has 5 heterocycles. The zero-order valence-corrected chi connectivity index (χ0v) is 18.8. The van der Waals surface area contributed by atoms with Gasteiger partial charge in [0.05, 0.1) is 17.7 Å². The molecule has 2 aromatic heterocycles. The Morgan fingerprint density at radius 1 is 1.29 bits per heavy atom. The summed E-state index contributed by atoms with van der Waals surface area (Å²) >= 11 is 1.49. The number of ether oxygens (including phenoxy) is 1. The summed E-state index contributed by atoms with van der Waals surface area (Å²) in [5, 5.41) is 9.89. The minimum absolute atomic E-state index is 0.0463. The highest BCUT2D eigenvalue weighted by Crippen LogP contribution is 2.42. The largest absolute Gasteiger partial charge is 0.497 e. The molecule has 3 aromatic rings. The number of benzene rings is 1. The van der Waals surface area contributed by atoms with E-state index in [2.05, 4.69) is 40.1 Å². The highest BCUT2D eigenvalue weighted by atomic mass is 32.1. The molecular weight excluding hydrogens is 408 g/mol. The van der Waals surface area contributed by atoms with Gasteiger partial charge < -0.3 is 10.1 Å². The number of nitrogens with zero attached hydrogens (tertiary/aromatic N) is 3. The van der Waals surface area contributed by atoms with Crippen molar-refractivity contribution in [3.63, 3.8) is 0 Å². The number of rotatable bonds is 6. The molecule has 3 aliphatic rings. The van der Waals surface area contributed by atoms with E-state index in [1.807, 2.05) is 29.6 Å². The smallest absolute Gasteiger partial charge is 0.261 e. The van der Waals surface area contributed by atoms with E-state index in [9.17, 15) is 4.79 Å². The van der Waals surface area contributed by atoms with Gasteiger partial charge in [-0.15, -0.1) is 11.3 Å². The number of carbonyl (C=O) groups excluding carboxylic acids is 1. The summed E-state index contributed by atoms with van der Waals surface area (Å²) < 4.78 is 7.33. The quantitative estimate of drug-likeness (QED) is 0.639. The van der Waals surface area contributed by atoms with Crippen LogP contribution in [-0.2, 0) is 7.05 Å². The van der Waals surface area contributed by atoms with Gasteiger partial charge in [0.2, 0.25) is 0 Å². The summed E-state index contributed by atoms with van der Waals surface area (Å²) in [6.45, 7) is 2.87. The second-order valence-electron chi connectivity index (χ2n) is 8.53. The predicted molar refractivity (Wildman–Crippen MR) is 123 cm³/mol. The van der Waals surface area contributed by atoms with E-state index in [-0.39, 0.29) is 5.91 Å². The topological polar surface area (TPSA) is 59.4 Å². The van der Waals surface area contributed by atoms with Crippen molar-refractivity contribution in [2.24, 2.45) is 13.0 Å². The fourth-order valence-corrected chi connectivity index (χ4v) is 5.76. The van der Waals surface area contributed by atoms with Crippen LogP contribution in [0.5, 0.6) is 5.75 Å². The number of aryl methyl sites for hydroxylation is 1. The lowest BCUT2D eigenvalue weighted by Gasteiger charge is -2.49. The first kappa shape index (κ1) is 20.3. The number of hydrogen-bond acceptors (Lipinski definition) is 5. The first-order valence-corrected chi connectivity index (χ1v) is 11.7. The number of amides is 1. The average Bonchev–Trinajstić information content (AvgIpc) is 3.48. The molecule has 0 radical (unpaired) electrons. The number of nitrogens with one attached hydrogen (secondary N) is 1. The van der Waals surface area contributed by atoms with Crippen LogP contribution in [-0.4, -0.2) is 53.4 Å². The number of thiophene rings is 1. The summed E-state index contributed by atoms with van der Waals surface area (Å²) in [5.41, 5.74) is 3.43. The Kier molecular flexibility index (Phi) is 5.54. The van der Waals surface area contributed by atoms with Gasteiger partial charge in [-0.3, -0.25) is 14.4 Å². The Morgan fingerprint density at radius 2 is 2.13 bits per heavy atom. The van der Waals surface area contributed by atoms with Crippen LogP contribution in [0.3, 0.4) is 0 Å². The monoisotopic (exact) mass is 436 g/mol. The van der Waals surface area contributed by atoms with E-state index in [1.165, 1.54) is 23.5 Å². The predicted octanol–water partition coefficient (Wildman–Crippen LogP) is 3.77. The SMILES string of the molecule is COc1ccc(-c2cc([C@@H]3CN4CC[C@H]3C[C@@H]4CNC(=O)c3cccs3)n(C)n2)cc1. The molecule has 3 fully saturated rings. The summed E-state index contributed by atoms with van der Waals surface area (Å²) in [5.74, 6) is 2.02. The van der Waals surface area contributed by atoms with Crippen LogP contribution in [0.1, 0.15) is 34.1 Å². The molecule has 31 heavy (non-hydrogen) atoms. The second-order valence-corrected chi connectivity index (χ2v) is 9.48. The maximum Gasteiger partial charge on any atom is 0.261 e. The van der Waals surface area contributed by atoms with Gasteiger partial charge >= 0.3 is 0 Å². The highest BCUT2D eigenvalue weighted by molar-refractivity contribution is 7.12. The van der Waals surface area contributed by atoms with Gasteiger partial charge in [0.1, 0.15) is 5.75 Å². The summed E-state index contributed by atoms with van der Waals surface area (Å²) in [6, 6.07) is 14.6. The number of hydrogen-bond donors (Lipinski definition) is 1. The molecule has 4 atom stereocenters. The van der Waals surface area contributed by atoms with Gasteiger partial charge in [-0.05, 0) is 67.1 Å². The Labute approximate surface area is 186 Å². The summed E-state index contributed by atoms with van der Waals surface area (Å²) in [4.78, 5) is 15.7. The van der Waals surface area contributed by atoms with Gasteiger partial charge in [0, 0.05) is 43.4 Å². The lowest BCUT2D eigenvalue weighted by Crippen LogP contribution is -2.56. The number of methoxy groups -OCH3 is 1. The molecule has 0 spiro atoms. The maximum absolute atomic E-state index is 12.3. The Bertz CT molecular complexity index is 1040. The van der Waals surface area contributed by atoms with Crippen molar-refractivity contribution in [3.8, 4) is 17.0 Å². The molecule has 162 valence electrons. The second kappa shape index (κ2) is 8.48. The molecule has 1 N–H and O–H groups in total. The zero-order chi connectivity index (χ0) is 21.4. The lowest BCUT2D eigenvalue weighted by molar-refractivity contribution is 0.0280. The van der Waals surface area contributed by atoms with Gasteiger partial charge in [-0.1, -0.05) is 6.07 Å². The summed E-state index contributed by atoms with van der Waals surface area (Å²) in [6.07, 6.45) is 2.33. The molecule has 7 heteroatoms. The van der Waals surface area contributed by atoms with Crippen LogP contribution in [0.15, 0.2) is 47.8 Å². The number of piperidine rings is 3. The minimum atomic E-state index is 0.0463. The molecule has 0 aliphatic carbocycles. The van der Waals surface area contributed by atoms with Crippen molar-refractivity contribution < 1.29 is 9.53 Å². The molecule has 1 unspecified atom stereocenters. The van der Waals surface area contributed by atoms with E-state index < -0.39 is 0 Å². The highest BCUT2D eigenvalue weighted by Gasteiger charge is 2.41. The van der Waals surface area contributed by atoms with Crippen LogP contribution in [0.25, 0.3) is 11.3 Å². The molecular formula is C24H28N4O2S. The third kappa shape index (κ3) is 4.00. The number of aromatic nitrogens is 2. The molecule has 3 saturated heterocycles. The van der Waals surface area contributed by atoms with E-state index in [1.54, 1.807) is 7.11 Å². The molecule has 6 nitrogen and oxygen atoms in total. The van der Waals surface area contributed by atoms with Gasteiger partial charge in [0.15, 0.2) is 0 Å². The van der Waals surface area contributed by atoms with E-state index in [0.717, 1.165) is 47.9 Å². The molecule has 1 aromatic carbocycles. The van der Waals surface area contributed by atoms with Crippen LogP contribution < -0.4 is 10.1 Å². The molecule has 0 saturated carbocycles. The average molecular weight is 437 g/mol. The van der Waals surface area contributed by atoms with Crippen molar-refractivity contribution in [1.82, 2.24) is 20.0 Å². The Morgan fingerprint density at radius 3 is 2.81 bits per heavy atom. The first-order chi connectivity index (χ1) is 15.1. The van der Waals surface area contributed by atoms with Crippen LogP contribution >= 0.6 is 11.3 Å². The van der Waals surface area contributed by atoms with Crippen LogP contribution in [0.4, 0.5) is 0 Å². The van der Waals surface area contributed by atoms with Gasteiger partial charge in [-0.25, -0.2) is 0 Å². The standard InChI is InChI=1S/C24H28N4O2S/c1-27-22(13-21(26-27)16-5-7-19(30-2)8-6-16)20-15-28-10-9-17(20)12-18(28)14-25-24(29)23-4-3-11-31-23/h3-8,11,13,17-18,20H,9-10,12,14-15H2,1-2H3,(H,25,29)/t17-,18+,20+/m0/s1. The molecule has 3 aliphatic heterocycles. The number of fused-ring (bicyclic) bond motifs is 3. The van der Waals surface area contributed by atoms with E-state index in [0.29, 0.717) is 17.9 Å². The fraction of sp³-hybridized carbons (Fsp3) is 0.417. The fourth-order valence-electron chi connectivity index (χ4n) is 5.12. The van der Waals surface area contributed by atoms with Gasteiger partial charge in [0.25, 0.3) is 5.91 Å². The minimum Gasteiger partial charge on any atom is -0.497 e. The normalized spacial score (nSPS) is 24.8. The molecule has 1 amide bonds. The Hall–Kier alpha value is -2.64. The third-order valence-electron chi connectivity index (χ3n) is 6.80. The van der Waals surface area contributed by atoms with Crippen molar-refractivity contribution in [2.45, 2.75) is 24.8 Å². The maximum atomic E-state index is 12.3. The summed E-state index contributed by atoms with van der Waals surface area (Å²) in [7, 11) is 3.74. The number of carbonyl (C=O) groups is 1. The van der Waals surface area contributed by atoms with Crippen LogP contribution in [0.2, 0.25) is 0 Å². The zero-order valence-electron chi connectivity index (χ0n) is 18.0. The van der Waals surface area contributed by atoms with Crippen molar-refractivity contribution in [2.75, 3.05) is 26.7 Å². The van der Waals surface area contributed by atoms with Crippen molar-refractivity contribution in [3.05, 3.63) is 58.4 Å².